The van der Waals surface area contributed by atoms with Gasteiger partial charge in [-0.2, -0.15) is 13.2 Å². The first kappa shape index (κ1) is 18.8. The predicted molar refractivity (Wildman–Crippen MR) is 79.0 cm³/mol. The molecule has 0 unspecified atom stereocenters. The van der Waals surface area contributed by atoms with Gasteiger partial charge in [0.2, 0.25) is 0 Å². The molecule has 0 bridgehead atoms. The normalized spacial score (nSPS) is 25.7. The van der Waals surface area contributed by atoms with Gasteiger partial charge in [0.1, 0.15) is 0 Å². The van der Waals surface area contributed by atoms with Crippen molar-refractivity contribution in [2.45, 2.75) is 51.7 Å². The van der Waals surface area contributed by atoms with E-state index in [-0.39, 0.29) is 37.7 Å². The van der Waals surface area contributed by atoms with Crippen LogP contribution in [0.15, 0.2) is 11.8 Å². The fourth-order valence-corrected chi connectivity index (χ4v) is 3.41. The average Bonchev–Trinajstić information content (AvgIpc) is 2.94. The summed E-state index contributed by atoms with van der Waals surface area (Å²) in [5.41, 5.74) is -0.995. The fourth-order valence-electron chi connectivity index (χ4n) is 3.41. The van der Waals surface area contributed by atoms with Crippen molar-refractivity contribution in [1.29, 1.82) is 0 Å². The summed E-state index contributed by atoms with van der Waals surface area (Å²) in [4.78, 5) is 24.4. The molecule has 2 rings (SSSR count). The van der Waals surface area contributed by atoms with Crippen LogP contribution in [0.25, 0.3) is 0 Å². The van der Waals surface area contributed by atoms with Crippen LogP contribution in [0.4, 0.5) is 13.2 Å². The van der Waals surface area contributed by atoms with E-state index in [1.54, 1.807) is 13.8 Å². The molecule has 1 N–H and O–H groups in total. The Labute approximate surface area is 138 Å². The van der Waals surface area contributed by atoms with Gasteiger partial charge < -0.3 is 14.7 Å². The van der Waals surface area contributed by atoms with E-state index in [4.69, 9.17) is 4.74 Å². The molecule has 1 amide bonds. The molecule has 0 aromatic heterocycles. The SMILES string of the molecule is CC(C)[C@]1(C(=O)O)CC=C(N(C(=O)C(F)(F)F)C2CCOCC2)C1. The lowest BCUT2D eigenvalue weighted by Crippen LogP contribution is -2.49. The number of carbonyl (C=O) groups excluding carboxylic acids is 1. The van der Waals surface area contributed by atoms with Gasteiger partial charge in [-0.3, -0.25) is 9.59 Å². The molecule has 0 aromatic carbocycles. The quantitative estimate of drug-likeness (QED) is 0.847. The minimum Gasteiger partial charge on any atom is -0.481 e. The second-order valence-electron chi connectivity index (χ2n) is 6.71. The monoisotopic (exact) mass is 349 g/mol. The van der Waals surface area contributed by atoms with Crippen LogP contribution in [0.1, 0.15) is 39.5 Å². The second kappa shape index (κ2) is 6.74. The minimum atomic E-state index is -4.99. The van der Waals surface area contributed by atoms with Crippen LogP contribution in [-0.2, 0) is 14.3 Å². The maximum atomic E-state index is 13.1. The number of carboxylic acids is 1. The number of aliphatic carboxylic acids is 1. The van der Waals surface area contributed by atoms with Crippen LogP contribution < -0.4 is 0 Å². The van der Waals surface area contributed by atoms with E-state index in [0.717, 1.165) is 4.90 Å². The summed E-state index contributed by atoms with van der Waals surface area (Å²) in [6.45, 7) is 4.03. The Kier molecular flexibility index (Phi) is 5.27. The predicted octanol–water partition coefficient (Wildman–Crippen LogP) is 2.96. The van der Waals surface area contributed by atoms with Gasteiger partial charge in [0, 0.05) is 31.4 Å². The van der Waals surface area contributed by atoms with E-state index in [9.17, 15) is 27.9 Å². The highest BCUT2D eigenvalue weighted by atomic mass is 19.4. The fraction of sp³-hybridized carbons (Fsp3) is 0.750. The molecule has 1 fully saturated rings. The third-order valence-electron chi connectivity index (χ3n) is 5.06. The van der Waals surface area contributed by atoms with Gasteiger partial charge in [-0.05, 0) is 25.2 Å². The number of alkyl halides is 3. The largest absolute Gasteiger partial charge is 0.481 e. The Bertz CT molecular complexity index is 538. The van der Waals surface area contributed by atoms with E-state index in [1.165, 1.54) is 6.08 Å². The first-order chi connectivity index (χ1) is 11.1. The number of nitrogens with zero attached hydrogens (tertiary/aromatic N) is 1. The summed E-state index contributed by atoms with van der Waals surface area (Å²) in [5, 5.41) is 9.56. The van der Waals surface area contributed by atoms with Crippen molar-refractivity contribution in [3.63, 3.8) is 0 Å². The lowest BCUT2D eigenvalue weighted by atomic mass is 9.75. The number of allylic oxidation sites excluding steroid dienone is 2. The van der Waals surface area contributed by atoms with Crippen molar-refractivity contribution in [2.75, 3.05) is 13.2 Å². The summed E-state index contributed by atoms with van der Waals surface area (Å²) in [5.74, 6) is -3.23. The number of ether oxygens (including phenoxy) is 1. The van der Waals surface area contributed by atoms with Crippen LogP contribution in [0.2, 0.25) is 0 Å². The molecule has 8 heteroatoms. The molecule has 0 radical (unpaired) electrons. The van der Waals surface area contributed by atoms with Crippen LogP contribution in [0, 0.1) is 11.3 Å². The first-order valence-corrected chi connectivity index (χ1v) is 8.00. The lowest BCUT2D eigenvalue weighted by molar-refractivity contribution is -0.187. The molecule has 1 atom stereocenters. The molecule has 5 nitrogen and oxygen atoms in total. The number of hydrogen-bond acceptors (Lipinski definition) is 3. The Morgan fingerprint density at radius 1 is 1.33 bits per heavy atom. The lowest BCUT2D eigenvalue weighted by Gasteiger charge is -2.37. The zero-order valence-electron chi connectivity index (χ0n) is 13.7. The summed E-state index contributed by atoms with van der Waals surface area (Å²) < 4.78 is 44.3. The van der Waals surface area contributed by atoms with E-state index in [0.29, 0.717) is 12.8 Å². The van der Waals surface area contributed by atoms with Gasteiger partial charge in [-0.15, -0.1) is 0 Å². The molecule has 0 spiro atoms. The summed E-state index contributed by atoms with van der Waals surface area (Å²) >= 11 is 0. The molecule has 1 aliphatic carbocycles. The Hall–Kier alpha value is -1.57. The molecular weight excluding hydrogens is 327 g/mol. The number of carboxylic acid groups (broad SMARTS) is 1. The second-order valence-corrected chi connectivity index (χ2v) is 6.71. The molecular formula is C16H22F3NO4. The Morgan fingerprint density at radius 3 is 2.33 bits per heavy atom. The van der Waals surface area contributed by atoms with Crippen LogP contribution >= 0.6 is 0 Å². The molecule has 1 heterocycles. The smallest absolute Gasteiger partial charge is 0.471 e. The highest BCUT2D eigenvalue weighted by Crippen LogP contribution is 2.46. The molecule has 2 aliphatic rings. The molecule has 136 valence electrons. The van der Waals surface area contributed by atoms with Gasteiger partial charge in [0.05, 0.1) is 5.41 Å². The van der Waals surface area contributed by atoms with Crippen molar-refractivity contribution in [3.8, 4) is 0 Å². The van der Waals surface area contributed by atoms with E-state index in [1.807, 2.05) is 0 Å². The molecule has 0 aromatic rings. The highest BCUT2D eigenvalue weighted by molar-refractivity contribution is 5.84. The maximum Gasteiger partial charge on any atom is 0.471 e. The van der Waals surface area contributed by atoms with E-state index < -0.39 is 29.5 Å². The standard InChI is InChI=1S/C16H22F3NO4/c1-10(2)15(14(22)23)6-3-12(9-15)20(13(21)16(17,18)19)11-4-7-24-8-5-11/h3,10-11H,4-9H2,1-2H3,(H,22,23)/t15-/m0/s1. The molecule has 0 saturated carbocycles. The number of rotatable bonds is 4. The van der Waals surface area contributed by atoms with Crippen molar-refractivity contribution in [1.82, 2.24) is 4.90 Å². The number of halogens is 3. The van der Waals surface area contributed by atoms with Gasteiger partial charge in [-0.1, -0.05) is 19.9 Å². The minimum absolute atomic E-state index is 0.0703. The molecule has 1 saturated heterocycles. The molecule has 1 aliphatic heterocycles. The van der Waals surface area contributed by atoms with E-state index >= 15 is 0 Å². The van der Waals surface area contributed by atoms with Crippen molar-refractivity contribution in [3.05, 3.63) is 11.8 Å². The summed E-state index contributed by atoms with van der Waals surface area (Å²) in [6, 6.07) is -0.615. The maximum absolute atomic E-state index is 13.1. The average molecular weight is 349 g/mol. The zero-order chi connectivity index (χ0) is 18.1. The zero-order valence-corrected chi connectivity index (χ0v) is 13.7. The summed E-state index contributed by atoms with van der Waals surface area (Å²) in [6.07, 6.45) is -2.85. The summed E-state index contributed by atoms with van der Waals surface area (Å²) in [7, 11) is 0. The van der Waals surface area contributed by atoms with Gasteiger partial charge in [-0.25, -0.2) is 0 Å². The van der Waals surface area contributed by atoms with Crippen LogP contribution in [0.5, 0.6) is 0 Å². The van der Waals surface area contributed by atoms with Crippen LogP contribution in [0.3, 0.4) is 0 Å². The first-order valence-electron chi connectivity index (χ1n) is 8.00. The Morgan fingerprint density at radius 2 is 1.92 bits per heavy atom. The van der Waals surface area contributed by atoms with Gasteiger partial charge in [0.25, 0.3) is 0 Å². The topological polar surface area (TPSA) is 66.8 Å². The van der Waals surface area contributed by atoms with Crippen LogP contribution in [-0.4, -0.2) is 47.3 Å². The highest BCUT2D eigenvalue weighted by Gasteiger charge is 2.51. The van der Waals surface area contributed by atoms with Gasteiger partial charge >= 0.3 is 18.1 Å². The van der Waals surface area contributed by atoms with Crippen molar-refractivity contribution < 1.29 is 32.6 Å². The third-order valence-corrected chi connectivity index (χ3v) is 5.06. The molecule has 24 heavy (non-hydrogen) atoms. The number of carbonyl (C=O) groups is 2. The number of amides is 1. The van der Waals surface area contributed by atoms with Crippen molar-refractivity contribution in [2.24, 2.45) is 11.3 Å². The third kappa shape index (κ3) is 3.43. The van der Waals surface area contributed by atoms with E-state index in [2.05, 4.69) is 0 Å². The van der Waals surface area contributed by atoms with Gasteiger partial charge in [0.15, 0.2) is 0 Å². The Balaban J connectivity index is 2.31. The number of hydrogen-bond donors (Lipinski definition) is 1. The van der Waals surface area contributed by atoms with Crippen molar-refractivity contribution >= 4 is 11.9 Å².